The Labute approximate surface area is 108 Å². The first kappa shape index (κ1) is 13.2. The fourth-order valence-corrected chi connectivity index (χ4v) is 3.19. The summed E-state index contributed by atoms with van der Waals surface area (Å²) in [7, 11) is 0. The van der Waals surface area contributed by atoms with Gasteiger partial charge in [-0.1, -0.05) is 31.3 Å². The Bertz CT molecular complexity index is 342. The number of oxime groups is 1. The maximum absolute atomic E-state index is 12.4. The van der Waals surface area contributed by atoms with Crippen molar-refractivity contribution in [1.82, 2.24) is 5.32 Å². The molecule has 0 saturated heterocycles. The van der Waals surface area contributed by atoms with Crippen LogP contribution in [-0.2, 0) is 4.79 Å². The SMILES string of the molecule is CC1CC(NC(=O)C2(C(N)=NO)CCCCC2)C1. The third-order valence-electron chi connectivity index (χ3n) is 4.45. The van der Waals surface area contributed by atoms with Crippen molar-refractivity contribution in [2.45, 2.75) is 57.9 Å². The van der Waals surface area contributed by atoms with E-state index in [-0.39, 0.29) is 17.8 Å². The molecule has 0 atom stereocenters. The van der Waals surface area contributed by atoms with Gasteiger partial charge >= 0.3 is 0 Å². The number of carbonyl (C=O) groups excluding carboxylic acids is 1. The van der Waals surface area contributed by atoms with Gasteiger partial charge in [-0.3, -0.25) is 4.79 Å². The molecule has 2 aliphatic rings. The lowest BCUT2D eigenvalue weighted by molar-refractivity contribution is -0.130. The van der Waals surface area contributed by atoms with E-state index < -0.39 is 5.41 Å². The first-order valence-electron chi connectivity index (χ1n) is 6.87. The highest BCUT2D eigenvalue weighted by atomic mass is 16.4. The minimum Gasteiger partial charge on any atom is -0.409 e. The molecule has 2 fully saturated rings. The van der Waals surface area contributed by atoms with Crippen molar-refractivity contribution in [2.24, 2.45) is 22.2 Å². The van der Waals surface area contributed by atoms with Crippen LogP contribution in [0, 0.1) is 11.3 Å². The average molecular weight is 253 g/mol. The highest BCUT2D eigenvalue weighted by Gasteiger charge is 2.45. The summed E-state index contributed by atoms with van der Waals surface area (Å²) in [5, 5.41) is 15.1. The summed E-state index contributed by atoms with van der Waals surface area (Å²) in [6.45, 7) is 2.18. The molecule has 0 aromatic rings. The summed E-state index contributed by atoms with van der Waals surface area (Å²) in [4.78, 5) is 12.4. The fraction of sp³-hybridized carbons (Fsp3) is 0.846. The van der Waals surface area contributed by atoms with Crippen LogP contribution < -0.4 is 11.1 Å². The molecule has 0 bridgehead atoms. The Morgan fingerprint density at radius 1 is 1.33 bits per heavy atom. The number of hydrogen-bond acceptors (Lipinski definition) is 3. The van der Waals surface area contributed by atoms with Gasteiger partial charge in [0.15, 0.2) is 5.84 Å². The van der Waals surface area contributed by atoms with Gasteiger partial charge in [-0.15, -0.1) is 0 Å². The Morgan fingerprint density at radius 2 is 1.94 bits per heavy atom. The lowest BCUT2D eigenvalue weighted by Gasteiger charge is -2.39. The van der Waals surface area contributed by atoms with E-state index in [4.69, 9.17) is 10.9 Å². The van der Waals surface area contributed by atoms with Gasteiger partial charge in [-0.2, -0.15) is 0 Å². The van der Waals surface area contributed by atoms with Crippen LogP contribution in [0.3, 0.4) is 0 Å². The number of carbonyl (C=O) groups is 1. The minimum atomic E-state index is -0.772. The average Bonchev–Trinajstić information content (AvgIpc) is 2.36. The van der Waals surface area contributed by atoms with E-state index >= 15 is 0 Å². The molecule has 4 N–H and O–H groups in total. The summed E-state index contributed by atoms with van der Waals surface area (Å²) in [5.41, 5.74) is 5.01. The molecule has 0 aromatic heterocycles. The van der Waals surface area contributed by atoms with E-state index in [0.717, 1.165) is 32.1 Å². The molecule has 5 nitrogen and oxygen atoms in total. The fourth-order valence-electron chi connectivity index (χ4n) is 3.19. The summed E-state index contributed by atoms with van der Waals surface area (Å²) < 4.78 is 0. The molecule has 0 heterocycles. The van der Waals surface area contributed by atoms with Crippen molar-refractivity contribution in [2.75, 3.05) is 0 Å². The molecule has 0 aliphatic heterocycles. The van der Waals surface area contributed by atoms with Gasteiger partial charge in [0.1, 0.15) is 5.41 Å². The molecule has 0 aromatic carbocycles. The number of amidine groups is 1. The maximum Gasteiger partial charge on any atom is 0.234 e. The predicted octanol–water partition coefficient (Wildman–Crippen LogP) is 1.60. The topological polar surface area (TPSA) is 87.7 Å². The number of rotatable bonds is 3. The van der Waals surface area contributed by atoms with Crippen molar-refractivity contribution in [3.05, 3.63) is 0 Å². The van der Waals surface area contributed by atoms with E-state index in [1.807, 2.05) is 0 Å². The van der Waals surface area contributed by atoms with Crippen LogP contribution in [0.25, 0.3) is 0 Å². The van der Waals surface area contributed by atoms with Gasteiger partial charge in [-0.25, -0.2) is 0 Å². The van der Waals surface area contributed by atoms with Crippen LogP contribution in [-0.4, -0.2) is 23.0 Å². The van der Waals surface area contributed by atoms with Crippen LogP contribution in [0.4, 0.5) is 0 Å². The first-order valence-corrected chi connectivity index (χ1v) is 6.87. The largest absolute Gasteiger partial charge is 0.409 e. The first-order chi connectivity index (χ1) is 8.58. The Kier molecular flexibility index (Phi) is 3.78. The smallest absolute Gasteiger partial charge is 0.234 e. The number of nitrogens with two attached hydrogens (primary N) is 1. The number of nitrogens with zero attached hydrogens (tertiary/aromatic N) is 1. The third kappa shape index (κ3) is 2.31. The maximum atomic E-state index is 12.4. The van der Waals surface area contributed by atoms with Gasteiger partial charge in [0.25, 0.3) is 0 Å². The molecule has 0 unspecified atom stereocenters. The second kappa shape index (κ2) is 5.16. The molecular weight excluding hydrogens is 230 g/mol. The summed E-state index contributed by atoms with van der Waals surface area (Å²) in [5.74, 6) is 0.725. The molecule has 18 heavy (non-hydrogen) atoms. The van der Waals surface area contributed by atoms with E-state index in [1.165, 1.54) is 0 Å². The minimum absolute atomic E-state index is 0.0469. The van der Waals surface area contributed by atoms with Crippen molar-refractivity contribution in [1.29, 1.82) is 0 Å². The van der Waals surface area contributed by atoms with E-state index in [2.05, 4.69) is 17.4 Å². The lowest BCUT2D eigenvalue weighted by Crippen LogP contribution is -2.55. The predicted molar refractivity (Wildman–Crippen MR) is 69.3 cm³/mol. The zero-order valence-corrected chi connectivity index (χ0v) is 11.0. The van der Waals surface area contributed by atoms with Gasteiger partial charge in [0, 0.05) is 6.04 Å². The quantitative estimate of drug-likeness (QED) is 0.309. The van der Waals surface area contributed by atoms with E-state index in [0.29, 0.717) is 18.8 Å². The van der Waals surface area contributed by atoms with Crippen LogP contribution in [0.5, 0.6) is 0 Å². The highest BCUT2D eigenvalue weighted by Crippen LogP contribution is 2.38. The molecular formula is C13H23N3O2. The molecule has 0 spiro atoms. The Morgan fingerprint density at radius 3 is 2.44 bits per heavy atom. The molecule has 2 aliphatic carbocycles. The van der Waals surface area contributed by atoms with Crippen LogP contribution in [0.2, 0.25) is 0 Å². The van der Waals surface area contributed by atoms with Crippen LogP contribution in [0.15, 0.2) is 5.16 Å². The van der Waals surface area contributed by atoms with Crippen LogP contribution in [0.1, 0.15) is 51.9 Å². The molecule has 1 amide bonds. The second-order valence-corrected chi connectivity index (χ2v) is 5.87. The monoisotopic (exact) mass is 253 g/mol. The zero-order chi connectivity index (χ0) is 13.2. The van der Waals surface area contributed by atoms with Crippen molar-refractivity contribution in [3.8, 4) is 0 Å². The van der Waals surface area contributed by atoms with Gasteiger partial charge in [-0.05, 0) is 31.6 Å². The molecule has 2 rings (SSSR count). The van der Waals surface area contributed by atoms with Gasteiger partial charge < -0.3 is 16.3 Å². The number of hydrogen-bond donors (Lipinski definition) is 3. The lowest BCUT2D eigenvalue weighted by atomic mass is 9.71. The van der Waals surface area contributed by atoms with Crippen molar-refractivity contribution >= 4 is 11.7 Å². The summed E-state index contributed by atoms with van der Waals surface area (Å²) in [6.07, 6.45) is 6.51. The summed E-state index contributed by atoms with van der Waals surface area (Å²) in [6, 6.07) is 0.276. The number of amides is 1. The highest BCUT2D eigenvalue weighted by molar-refractivity contribution is 6.06. The second-order valence-electron chi connectivity index (χ2n) is 5.87. The normalized spacial score (nSPS) is 31.5. The Balaban J connectivity index is 2.06. The number of nitrogens with one attached hydrogen (secondary N) is 1. The van der Waals surface area contributed by atoms with Crippen molar-refractivity contribution < 1.29 is 10.0 Å². The van der Waals surface area contributed by atoms with Crippen molar-refractivity contribution in [3.63, 3.8) is 0 Å². The van der Waals surface area contributed by atoms with Gasteiger partial charge in [0.2, 0.25) is 5.91 Å². The van der Waals surface area contributed by atoms with Gasteiger partial charge in [0.05, 0.1) is 0 Å². The molecule has 2 saturated carbocycles. The molecule has 5 heteroatoms. The summed E-state index contributed by atoms with van der Waals surface area (Å²) >= 11 is 0. The molecule has 102 valence electrons. The van der Waals surface area contributed by atoms with Crippen LogP contribution >= 0.6 is 0 Å². The standard InChI is InChI=1S/C13H23N3O2/c1-9-7-10(8-9)15-12(17)13(11(14)16-18)5-3-2-4-6-13/h9-10,18H,2-8H2,1H3,(H2,14,16)(H,15,17). The van der Waals surface area contributed by atoms with E-state index in [9.17, 15) is 4.79 Å². The third-order valence-corrected chi connectivity index (χ3v) is 4.45. The van der Waals surface area contributed by atoms with E-state index in [1.54, 1.807) is 0 Å². The Hall–Kier alpha value is -1.26. The molecule has 0 radical (unpaired) electrons. The zero-order valence-electron chi connectivity index (χ0n) is 11.0.